The van der Waals surface area contributed by atoms with Gasteiger partial charge in [0.05, 0.1) is 11.6 Å². The van der Waals surface area contributed by atoms with Crippen molar-refractivity contribution in [2.45, 2.75) is 20.0 Å². The number of para-hydroxylation sites is 2. The number of carbonyl (C=O) groups is 2. The number of hydrazine groups is 1. The second-order valence-electron chi connectivity index (χ2n) is 7.77. The largest absolute Gasteiger partial charge is 0.487 e. The van der Waals surface area contributed by atoms with Crippen molar-refractivity contribution in [2.75, 3.05) is 16.9 Å². The molecule has 0 aromatic heterocycles. The Kier molecular flexibility index (Phi) is 6.61. The number of hydrogen-bond donors (Lipinski definition) is 2. The third-order valence-corrected chi connectivity index (χ3v) is 5.61. The third kappa shape index (κ3) is 5.21. The van der Waals surface area contributed by atoms with Gasteiger partial charge in [-0.05, 0) is 48.9 Å². The highest BCUT2D eigenvalue weighted by Crippen LogP contribution is 2.27. The van der Waals surface area contributed by atoms with Crippen LogP contribution in [-0.2, 0) is 16.2 Å². The normalized spacial score (nSPS) is 15.5. The molecule has 0 spiro atoms. The quantitative estimate of drug-likeness (QED) is 0.512. The second-order valence-corrected chi connectivity index (χ2v) is 8.20. The maximum atomic E-state index is 12.7. The maximum Gasteiger partial charge on any atom is 0.243 e. The van der Waals surface area contributed by atoms with Crippen molar-refractivity contribution in [3.05, 3.63) is 88.9 Å². The van der Waals surface area contributed by atoms with Gasteiger partial charge < -0.3 is 9.64 Å². The highest BCUT2D eigenvalue weighted by Gasteiger charge is 2.35. The van der Waals surface area contributed by atoms with Crippen LogP contribution in [0, 0.1) is 12.8 Å². The van der Waals surface area contributed by atoms with E-state index in [1.165, 1.54) is 0 Å². The van der Waals surface area contributed by atoms with E-state index in [0.717, 1.165) is 16.8 Å². The van der Waals surface area contributed by atoms with Crippen LogP contribution in [0.3, 0.4) is 0 Å². The first-order valence-corrected chi connectivity index (χ1v) is 10.8. The molecule has 3 aromatic carbocycles. The van der Waals surface area contributed by atoms with Crippen LogP contribution in [0.25, 0.3) is 0 Å². The highest BCUT2D eigenvalue weighted by atomic mass is 35.5. The molecule has 164 valence electrons. The van der Waals surface area contributed by atoms with Crippen molar-refractivity contribution in [3.8, 4) is 5.75 Å². The molecule has 32 heavy (non-hydrogen) atoms. The van der Waals surface area contributed by atoms with Crippen molar-refractivity contribution >= 4 is 34.8 Å². The van der Waals surface area contributed by atoms with E-state index < -0.39 is 5.92 Å². The lowest BCUT2D eigenvalue weighted by molar-refractivity contribution is -0.125. The molecule has 1 saturated heterocycles. The van der Waals surface area contributed by atoms with Gasteiger partial charge in [-0.2, -0.15) is 0 Å². The van der Waals surface area contributed by atoms with E-state index in [1.807, 2.05) is 79.7 Å². The number of carbonyl (C=O) groups excluding carboxylic acids is 2. The zero-order valence-electron chi connectivity index (χ0n) is 17.7. The minimum absolute atomic E-state index is 0.0549. The molecular formula is C25H24ClN3O3. The minimum atomic E-state index is -0.432. The maximum absolute atomic E-state index is 12.7. The Balaban J connectivity index is 1.34. The number of nitrogens with zero attached hydrogens (tertiary/aromatic N) is 1. The molecule has 1 aliphatic rings. The van der Waals surface area contributed by atoms with E-state index in [9.17, 15) is 9.59 Å². The van der Waals surface area contributed by atoms with E-state index in [2.05, 4.69) is 10.9 Å². The fourth-order valence-corrected chi connectivity index (χ4v) is 3.65. The Morgan fingerprint density at radius 3 is 2.53 bits per heavy atom. The lowest BCUT2D eigenvalue weighted by Gasteiger charge is -2.18. The SMILES string of the molecule is Cc1ccc(N2C[C@@H](C(=O)NNc3ccccc3OCc3ccc(Cl)cc3)CC2=O)cc1. The summed E-state index contributed by atoms with van der Waals surface area (Å²) >= 11 is 5.92. The van der Waals surface area contributed by atoms with Gasteiger partial charge in [-0.3, -0.25) is 20.4 Å². The third-order valence-electron chi connectivity index (χ3n) is 5.36. The fraction of sp³-hybridized carbons (Fsp3) is 0.200. The van der Waals surface area contributed by atoms with Gasteiger partial charge in [-0.15, -0.1) is 0 Å². The summed E-state index contributed by atoms with van der Waals surface area (Å²) in [5, 5.41) is 0.671. The summed E-state index contributed by atoms with van der Waals surface area (Å²) in [4.78, 5) is 26.8. The van der Waals surface area contributed by atoms with E-state index in [4.69, 9.17) is 16.3 Å². The topological polar surface area (TPSA) is 70.7 Å². The highest BCUT2D eigenvalue weighted by molar-refractivity contribution is 6.30. The first-order valence-electron chi connectivity index (χ1n) is 10.4. The van der Waals surface area contributed by atoms with E-state index in [1.54, 1.807) is 4.90 Å². The van der Waals surface area contributed by atoms with Gasteiger partial charge in [0.2, 0.25) is 11.8 Å². The lowest BCUT2D eigenvalue weighted by atomic mass is 10.1. The van der Waals surface area contributed by atoms with Crippen molar-refractivity contribution in [3.63, 3.8) is 0 Å². The van der Waals surface area contributed by atoms with E-state index in [0.29, 0.717) is 29.6 Å². The van der Waals surface area contributed by atoms with Crippen molar-refractivity contribution in [1.29, 1.82) is 0 Å². The molecule has 0 bridgehead atoms. The van der Waals surface area contributed by atoms with Gasteiger partial charge in [0.25, 0.3) is 0 Å². The molecule has 1 fully saturated rings. The van der Waals surface area contributed by atoms with Crippen LogP contribution in [0.15, 0.2) is 72.8 Å². The number of halogens is 1. The molecule has 1 aliphatic heterocycles. The van der Waals surface area contributed by atoms with E-state index in [-0.39, 0.29) is 18.2 Å². The number of hydrogen-bond acceptors (Lipinski definition) is 4. The average Bonchev–Trinajstić information content (AvgIpc) is 3.20. The zero-order chi connectivity index (χ0) is 22.5. The van der Waals surface area contributed by atoms with Crippen LogP contribution >= 0.6 is 11.6 Å². The van der Waals surface area contributed by atoms with Gasteiger partial charge >= 0.3 is 0 Å². The number of amides is 2. The molecule has 0 unspecified atom stereocenters. The Labute approximate surface area is 192 Å². The molecule has 0 saturated carbocycles. The lowest BCUT2D eigenvalue weighted by Crippen LogP contribution is -2.36. The first kappa shape index (κ1) is 21.7. The summed E-state index contributed by atoms with van der Waals surface area (Å²) in [6, 6.07) is 22.5. The molecule has 1 atom stereocenters. The summed E-state index contributed by atoms with van der Waals surface area (Å²) in [5.41, 5.74) is 9.21. The van der Waals surface area contributed by atoms with Gasteiger partial charge in [0.1, 0.15) is 12.4 Å². The number of ether oxygens (including phenoxy) is 1. The molecule has 2 amide bonds. The average molecular weight is 450 g/mol. The minimum Gasteiger partial charge on any atom is -0.487 e. The van der Waals surface area contributed by atoms with Crippen LogP contribution in [-0.4, -0.2) is 18.4 Å². The standard InChI is InChI=1S/C25H24ClN3O3/c1-17-6-12-21(13-7-17)29-15-19(14-24(29)30)25(31)28-27-22-4-2-3-5-23(22)32-16-18-8-10-20(26)11-9-18/h2-13,19,27H,14-16H2,1H3,(H,28,31)/t19-/m0/s1. The van der Waals surface area contributed by atoms with Crippen molar-refractivity contribution < 1.29 is 14.3 Å². The molecule has 0 aliphatic carbocycles. The summed E-state index contributed by atoms with van der Waals surface area (Å²) < 4.78 is 5.90. The molecule has 6 nitrogen and oxygen atoms in total. The summed E-state index contributed by atoms with van der Waals surface area (Å²) in [6.07, 6.45) is 0.177. The number of aryl methyl sites for hydroxylation is 1. The predicted molar refractivity (Wildman–Crippen MR) is 126 cm³/mol. The van der Waals surface area contributed by atoms with Crippen LogP contribution in [0.5, 0.6) is 5.75 Å². The van der Waals surface area contributed by atoms with E-state index >= 15 is 0 Å². The number of rotatable bonds is 7. The number of anilines is 2. The Bertz CT molecular complexity index is 1100. The smallest absolute Gasteiger partial charge is 0.243 e. The van der Waals surface area contributed by atoms with Crippen molar-refractivity contribution in [1.82, 2.24) is 5.43 Å². The van der Waals surface area contributed by atoms with Crippen LogP contribution in [0.4, 0.5) is 11.4 Å². The van der Waals surface area contributed by atoms with Crippen LogP contribution in [0.1, 0.15) is 17.5 Å². The molecule has 7 heteroatoms. The number of benzene rings is 3. The fourth-order valence-electron chi connectivity index (χ4n) is 3.53. The molecule has 0 radical (unpaired) electrons. The van der Waals surface area contributed by atoms with Gasteiger partial charge in [-0.25, -0.2) is 0 Å². The monoisotopic (exact) mass is 449 g/mol. The molecular weight excluding hydrogens is 426 g/mol. The zero-order valence-corrected chi connectivity index (χ0v) is 18.4. The number of nitrogens with one attached hydrogen (secondary N) is 2. The van der Waals surface area contributed by atoms with Gasteiger partial charge in [0, 0.05) is 23.7 Å². The van der Waals surface area contributed by atoms with Crippen LogP contribution in [0.2, 0.25) is 5.02 Å². The Hall–Kier alpha value is -3.51. The summed E-state index contributed by atoms with van der Waals surface area (Å²) in [5.74, 6) is -0.119. The van der Waals surface area contributed by atoms with Gasteiger partial charge in [0.15, 0.2) is 0 Å². The molecule has 3 aromatic rings. The first-order chi connectivity index (χ1) is 15.5. The summed E-state index contributed by atoms with van der Waals surface area (Å²) in [7, 11) is 0. The second kappa shape index (κ2) is 9.75. The summed E-state index contributed by atoms with van der Waals surface area (Å²) in [6.45, 7) is 2.71. The molecule has 2 N–H and O–H groups in total. The Morgan fingerprint density at radius 2 is 1.78 bits per heavy atom. The molecule has 1 heterocycles. The predicted octanol–water partition coefficient (Wildman–Crippen LogP) is 4.72. The van der Waals surface area contributed by atoms with Crippen LogP contribution < -0.4 is 20.5 Å². The molecule has 4 rings (SSSR count). The van der Waals surface area contributed by atoms with Crippen molar-refractivity contribution in [2.24, 2.45) is 5.92 Å². The van der Waals surface area contributed by atoms with Gasteiger partial charge in [-0.1, -0.05) is 53.6 Å². The Morgan fingerprint density at radius 1 is 1.06 bits per heavy atom.